The predicted octanol–water partition coefficient (Wildman–Crippen LogP) is 3.81. The number of hydrogen-bond donors (Lipinski definition) is 1. The van der Waals surface area contributed by atoms with Gasteiger partial charge in [-0.05, 0) is 25.8 Å². The number of para-hydroxylation sites is 1. The van der Waals surface area contributed by atoms with Gasteiger partial charge in [0.1, 0.15) is 0 Å². The molecular weight excluding hydrogens is 306 g/mol. The van der Waals surface area contributed by atoms with Gasteiger partial charge in [-0.2, -0.15) is 4.98 Å². The smallest absolute Gasteiger partial charge is 0.243 e. The molecule has 0 unspecified atom stereocenters. The number of hydrogen-bond acceptors (Lipinski definition) is 6. The highest BCUT2D eigenvalue weighted by atomic mass is 16.5. The molecule has 132 valence electrons. The Morgan fingerprint density at radius 3 is 2.75 bits per heavy atom. The highest BCUT2D eigenvalue weighted by Gasteiger charge is 2.17. The van der Waals surface area contributed by atoms with E-state index in [0.29, 0.717) is 24.9 Å². The average Bonchev–Trinajstić information content (AvgIpc) is 3.02. The van der Waals surface area contributed by atoms with Crippen LogP contribution in [0.1, 0.15) is 56.4 Å². The molecule has 0 aliphatic carbocycles. The van der Waals surface area contributed by atoms with E-state index in [0.717, 1.165) is 36.3 Å². The van der Waals surface area contributed by atoms with Crippen molar-refractivity contribution in [1.82, 2.24) is 15.5 Å². The Bertz CT molecular complexity index is 628. The number of unbranched alkanes of at least 4 members (excludes halogenated alkanes) is 1. The molecule has 2 aromatic rings. The van der Waals surface area contributed by atoms with Crippen LogP contribution in [0.3, 0.4) is 0 Å². The Morgan fingerprint density at radius 2 is 2.12 bits per heavy atom. The zero-order chi connectivity index (χ0) is 17.4. The van der Waals surface area contributed by atoms with Crippen LogP contribution in [-0.2, 0) is 6.54 Å². The van der Waals surface area contributed by atoms with Crippen LogP contribution < -0.4 is 14.8 Å². The van der Waals surface area contributed by atoms with E-state index in [1.165, 1.54) is 0 Å². The number of benzene rings is 1. The van der Waals surface area contributed by atoms with Crippen molar-refractivity contribution in [3.05, 3.63) is 35.5 Å². The van der Waals surface area contributed by atoms with Crippen LogP contribution in [0.2, 0.25) is 0 Å². The topological polar surface area (TPSA) is 69.4 Å². The first-order valence-electron chi connectivity index (χ1n) is 8.51. The zero-order valence-corrected chi connectivity index (χ0v) is 15.0. The van der Waals surface area contributed by atoms with E-state index in [1.807, 2.05) is 25.1 Å². The second-order valence-electron chi connectivity index (χ2n) is 5.67. The molecule has 0 fully saturated rings. The molecule has 24 heavy (non-hydrogen) atoms. The first-order valence-corrected chi connectivity index (χ1v) is 8.51. The second-order valence-corrected chi connectivity index (χ2v) is 5.67. The molecule has 1 aromatic heterocycles. The minimum Gasteiger partial charge on any atom is -0.493 e. The molecule has 0 bridgehead atoms. The molecule has 0 saturated heterocycles. The Hall–Kier alpha value is -2.08. The van der Waals surface area contributed by atoms with Gasteiger partial charge in [0.25, 0.3) is 0 Å². The van der Waals surface area contributed by atoms with Crippen molar-refractivity contribution >= 4 is 0 Å². The monoisotopic (exact) mass is 333 g/mol. The van der Waals surface area contributed by atoms with E-state index < -0.39 is 0 Å². The van der Waals surface area contributed by atoms with Crippen LogP contribution >= 0.6 is 0 Å². The average molecular weight is 333 g/mol. The molecule has 2 rings (SSSR count). The van der Waals surface area contributed by atoms with E-state index in [2.05, 4.69) is 29.3 Å². The maximum atomic E-state index is 5.96. The van der Waals surface area contributed by atoms with Crippen LogP contribution in [0.15, 0.2) is 22.7 Å². The van der Waals surface area contributed by atoms with Crippen molar-refractivity contribution in [3.8, 4) is 11.5 Å². The fourth-order valence-electron chi connectivity index (χ4n) is 2.44. The van der Waals surface area contributed by atoms with Crippen molar-refractivity contribution in [2.75, 3.05) is 13.7 Å². The number of nitrogens with one attached hydrogen (secondary N) is 1. The first-order chi connectivity index (χ1) is 11.7. The molecule has 0 saturated carbocycles. The van der Waals surface area contributed by atoms with Crippen LogP contribution in [-0.4, -0.2) is 23.9 Å². The highest BCUT2D eigenvalue weighted by molar-refractivity contribution is 5.46. The lowest BCUT2D eigenvalue weighted by molar-refractivity contribution is 0.282. The van der Waals surface area contributed by atoms with Gasteiger partial charge in [-0.3, -0.25) is 0 Å². The van der Waals surface area contributed by atoms with Gasteiger partial charge >= 0.3 is 0 Å². The molecule has 0 spiro atoms. The lowest BCUT2D eigenvalue weighted by atomic mass is 10.1. The lowest BCUT2D eigenvalue weighted by Crippen LogP contribution is -2.21. The Kier molecular flexibility index (Phi) is 7.06. The quantitative estimate of drug-likeness (QED) is 0.667. The van der Waals surface area contributed by atoms with Crippen molar-refractivity contribution in [2.24, 2.45) is 0 Å². The van der Waals surface area contributed by atoms with E-state index in [4.69, 9.17) is 14.0 Å². The van der Waals surface area contributed by atoms with E-state index >= 15 is 0 Å². The van der Waals surface area contributed by atoms with Gasteiger partial charge in [0.05, 0.1) is 19.8 Å². The van der Waals surface area contributed by atoms with Crippen molar-refractivity contribution < 1.29 is 14.0 Å². The molecule has 1 aromatic carbocycles. The van der Waals surface area contributed by atoms with Gasteiger partial charge in [0.15, 0.2) is 17.3 Å². The summed E-state index contributed by atoms with van der Waals surface area (Å²) in [6, 6.07) is 5.95. The summed E-state index contributed by atoms with van der Waals surface area (Å²) in [7, 11) is 1.66. The van der Waals surface area contributed by atoms with Gasteiger partial charge in [-0.25, -0.2) is 0 Å². The molecule has 0 aliphatic heterocycles. The maximum absolute atomic E-state index is 5.96. The number of aryl methyl sites for hydroxylation is 1. The number of methoxy groups -OCH3 is 1. The summed E-state index contributed by atoms with van der Waals surface area (Å²) in [6.07, 6.45) is 2.97. The van der Waals surface area contributed by atoms with E-state index in [9.17, 15) is 0 Å². The number of rotatable bonds is 10. The number of aromatic nitrogens is 2. The molecule has 0 amide bonds. The van der Waals surface area contributed by atoms with E-state index in [-0.39, 0.29) is 6.04 Å². The lowest BCUT2D eigenvalue weighted by Gasteiger charge is -2.17. The summed E-state index contributed by atoms with van der Waals surface area (Å²) in [5.74, 6) is 2.83. The van der Waals surface area contributed by atoms with E-state index in [1.54, 1.807) is 7.11 Å². The zero-order valence-electron chi connectivity index (χ0n) is 15.0. The summed E-state index contributed by atoms with van der Waals surface area (Å²) < 4.78 is 16.7. The van der Waals surface area contributed by atoms with Crippen molar-refractivity contribution in [3.63, 3.8) is 0 Å². The fourth-order valence-corrected chi connectivity index (χ4v) is 2.44. The van der Waals surface area contributed by atoms with Gasteiger partial charge in [-0.15, -0.1) is 0 Å². The summed E-state index contributed by atoms with van der Waals surface area (Å²) in [4.78, 5) is 4.31. The second kappa shape index (κ2) is 9.27. The SMILES string of the molecule is CCCCOc1c(CN[C@@H](CC)c2nc(C)no2)cccc1OC. The fraction of sp³-hybridized carbons (Fsp3) is 0.556. The third kappa shape index (κ3) is 4.71. The Balaban J connectivity index is 2.09. The minimum atomic E-state index is 0.0147. The summed E-state index contributed by atoms with van der Waals surface area (Å²) >= 11 is 0. The number of ether oxygens (including phenoxy) is 2. The molecule has 6 nitrogen and oxygen atoms in total. The Labute approximate surface area is 143 Å². The van der Waals surface area contributed by atoms with Gasteiger partial charge < -0.3 is 19.3 Å². The molecule has 1 heterocycles. The van der Waals surface area contributed by atoms with Gasteiger partial charge in [0, 0.05) is 12.1 Å². The largest absolute Gasteiger partial charge is 0.493 e. The normalized spacial score (nSPS) is 12.2. The molecule has 1 N–H and O–H groups in total. The van der Waals surface area contributed by atoms with Crippen molar-refractivity contribution in [2.45, 2.75) is 52.6 Å². The summed E-state index contributed by atoms with van der Waals surface area (Å²) in [5, 5.41) is 7.33. The summed E-state index contributed by atoms with van der Waals surface area (Å²) in [6.45, 7) is 7.37. The minimum absolute atomic E-state index is 0.0147. The van der Waals surface area contributed by atoms with Crippen LogP contribution in [0.4, 0.5) is 0 Å². The van der Waals surface area contributed by atoms with Crippen LogP contribution in [0, 0.1) is 6.92 Å². The molecule has 0 aliphatic rings. The standard InChI is InChI=1S/C18H27N3O3/c1-5-7-11-23-17-14(9-8-10-16(17)22-4)12-19-15(6-2)18-20-13(3)21-24-18/h8-10,15,19H,5-7,11-12H2,1-4H3/t15-/m0/s1. The molecule has 1 atom stereocenters. The highest BCUT2D eigenvalue weighted by Crippen LogP contribution is 2.31. The molecule has 6 heteroatoms. The van der Waals surface area contributed by atoms with Crippen LogP contribution in [0.25, 0.3) is 0 Å². The Morgan fingerprint density at radius 1 is 1.29 bits per heavy atom. The third-order valence-corrected chi connectivity index (χ3v) is 3.81. The maximum Gasteiger partial charge on any atom is 0.243 e. The molecular formula is C18H27N3O3. The summed E-state index contributed by atoms with van der Waals surface area (Å²) in [5.41, 5.74) is 1.06. The predicted molar refractivity (Wildman–Crippen MR) is 92.3 cm³/mol. The number of nitrogens with zero attached hydrogens (tertiary/aromatic N) is 2. The van der Waals surface area contributed by atoms with Gasteiger partial charge in [-0.1, -0.05) is 37.6 Å². The third-order valence-electron chi connectivity index (χ3n) is 3.81. The van der Waals surface area contributed by atoms with Crippen molar-refractivity contribution in [1.29, 1.82) is 0 Å². The van der Waals surface area contributed by atoms with Crippen LogP contribution in [0.5, 0.6) is 11.5 Å². The molecule has 0 radical (unpaired) electrons. The van der Waals surface area contributed by atoms with Gasteiger partial charge in [0.2, 0.25) is 5.89 Å². The first kappa shape index (κ1) is 18.3.